The summed E-state index contributed by atoms with van der Waals surface area (Å²) in [5.74, 6) is 0.276. The fraction of sp³-hybridized carbons (Fsp3) is 0.357. The molecule has 0 aliphatic rings. The van der Waals surface area contributed by atoms with Crippen LogP contribution in [0.3, 0.4) is 0 Å². The Balaban J connectivity index is 2.15. The van der Waals surface area contributed by atoms with Crippen molar-refractivity contribution in [1.29, 1.82) is 0 Å². The molecule has 20 heavy (non-hydrogen) atoms. The molecule has 2 aromatic rings. The van der Waals surface area contributed by atoms with E-state index in [1.165, 1.54) is 0 Å². The van der Waals surface area contributed by atoms with Crippen LogP contribution >= 0.6 is 11.6 Å². The van der Waals surface area contributed by atoms with E-state index in [1.54, 1.807) is 12.1 Å². The molecule has 0 saturated heterocycles. The van der Waals surface area contributed by atoms with Crippen LogP contribution in [-0.4, -0.2) is 21.1 Å². The molecule has 0 atom stereocenters. The van der Waals surface area contributed by atoms with Gasteiger partial charge < -0.3 is 5.32 Å². The summed E-state index contributed by atoms with van der Waals surface area (Å²) in [5, 5.41) is 9.95. The summed E-state index contributed by atoms with van der Waals surface area (Å²) in [5.41, 5.74) is 2.29. The van der Waals surface area contributed by atoms with Gasteiger partial charge in [-0.1, -0.05) is 31.9 Å². The maximum atomic E-state index is 12.2. The minimum atomic E-state index is -0.235. The predicted octanol–water partition coefficient (Wildman–Crippen LogP) is 3.23. The van der Waals surface area contributed by atoms with Gasteiger partial charge in [0.05, 0.1) is 0 Å². The molecule has 0 unspecified atom stereocenters. The van der Waals surface area contributed by atoms with E-state index in [0.29, 0.717) is 16.5 Å². The molecule has 2 rings (SSSR count). The third kappa shape index (κ3) is 3.57. The van der Waals surface area contributed by atoms with Crippen LogP contribution in [0.25, 0.3) is 0 Å². The molecule has 0 aromatic carbocycles. The van der Waals surface area contributed by atoms with Crippen molar-refractivity contribution in [3.8, 4) is 0 Å². The van der Waals surface area contributed by atoms with Crippen LogP contribution in [0.1, 0.15) is 42.0 Å². The van der Waals surface area contributed by atoms with Gasteiger partial charge in [0.15, 0.2) is 5.82 Å². The fourth-order valence-electron chi connectivity index (χ4n) is 1.86. The minimum absolute atomic E-state index is 0.235. The van der Waals surface area contributed by atoms with E-state index < -0.39 is 0 Å². The van der Waals surface area contributed by atoms with Crippen molar-refractivity contribution >= 4 is 23.3 Å². The molecule has 0 saturated carbocycles. The van der Waals surface area contributed by atoms with E-state index in [4.69, 9.17) is 11.6 Å². The second-order valence-electron chi connectivity index (χ2n) is 4.51. The molecular formula is C14H17ClN4O. The topological polar surface area (TPSA) is 70.7 Å². The van der Waals surface area contributed by atoms with Crippen LogP contribution in [0.2, 0.25) is 5.15 Å². The van der Waals surface area contributed by atoms with Crippen LogP contribution in [0.15, 0.2) is 18.2 Å². The summed E-state index contributed by atoms with van der Waals surface area (Å²) >= 11 is 5.95. The number of hydrogen-bond acceptors (Lipinski definition) is 3. The Morgan fingerprint density at radius 1 is 1.35 bits per heavy atom. The number of anilines is 1. The van der Waals surface area contributed by atoms with Crippen molar-refractivity contribution in [3.05, 3.63) is 40.3 Å². The quantitative estimate of drug-likeness (QED) is 0.831. The predicted molar refractivity (Wildman–Crippen MR) is 79.2 cm³/mol. The fourth-order valence-corrected chi connectivity index (χ4v) is 2.09. The Morgan fingerprint density at radius 2 is 2.15 bits per heavy atom. The van der Waals surface area contributed by atoms with Gasteiger partial charge in [0.2, 0.25) is 0 Å². The van der Waals surface area contributed by atoms with Crippen molar-refractivity contribution in [1.82, 2.24) is 15.2 Å². The maximum Gasteiger partial charge on any atom is 0.257 e. The molecule has 0 aliphatic carbocycles. The first-order valence-electron chi connectivity index (χ1n) is 6.64. The Labute approximate surface area is 122 Å². The van der Waals surface area contributed by atoms with Crippen LogP contribution in [0, 0.1) is 0 Å². The van der Waals surface area contributed by atoms with Crippen molar-refractivity contribution in [2.45, 2.75) is 33.1 Å². The average Bonchev–Trinajstić information content (AvgIpc) is 2.86. The van der Waals surface area contributed by atoms with Gasteiger partial charge in [0, 0.05) is 23.0 Å². The lowest BCUT2D eigenvalue weighted by molar-refractivity contribution is 0.102. The van der Waals surface area contributed by atoms with E-state index in [1.807, 2.05) is 13.0 Å². The highest BCUT2D eigenvalue weighted by Gasteiger charge is 2.11. The van der Waals surface area contributed by atoms with Gasteiger partial charge in [-0.25, -0.2) is 4.98 Å². The first-order chi connectivity index (χ1) is 9.62. The van der Waals surface area contributed by atoms with Gasteiger partial charge in [0.25, 0.3) is 5.91 Å². The highest BCUT2D eigenvalue weighted by molar-refractivity contribution is 6.29. The van der Waals surface area contributed by atoms with Gasteiger partial charge >= 0.3 is 0 Å². The normalized spacial score (nSPS) is 10.6. The van der Waals surface area contributed by atoms with Gasteiger partial charge in [-0.3, -0.25) is 9.89 Å². The van der Waals surface area contributed by atoms with Crippen LogP contribution in [-0.2, 0) is 12.8 Å². The highest BCUT2D eigenvalue weighted by atomic mass is 35.5. The average molecular weight is 293 g/mol. The number of aryl methyl sites for hydroxylation is 2. The SMILES string of the molecule is CCCc1cc(C(=O)Nc2cc(CC)[nH]n2)cc(Cl)n1. The third-order valence-corrected chi connectivity index (χ3v) is 3.06. The molecule has 0 radical (unpaired) electrons. The number of nitrogens with one attached hydrogen (secondary N) is 2. The zero-order valence-electron chi connectivity index (χ0n) is 11.5. The molecule has 5 nitrogen and oxygen atoms in total. The van der Waals surface area contributed by atoms with Gasteiger partial charge in [-0.15, -0.1) is 0 Å². The Bertz CT molecular complexity index is 609. The summed E-state index contributed by atoms with van der Waals surface area (Å²) < 4.78 is 0. The lowest BCUT2D eigenvalue weighted by atomic mass is 10.1. The van der Waals surface area contributed by atoms with E-state index in [9.17, 15) is 4.79 Å². The number of nitrogens with zero attached hydrogens (tertiary/aromatic N) is 2. The van der Waals surface area contributed by atoms with Crippen molar-refractivity contribution in [2.75, 3.05) is 5.32 Å². The first-order valence-corrected chi connectivity index (χ1v) is 7.02. The molecule has 0 spiro atoms. The van der Waals surface area contributed by atoms with Crippen LogP contribution in [0.4, 0.5) is 5.82 Å². The smallest absolute Gasteiger partial charge is 0.257 e. The lowest BCUT2D eigenvalue weighted by Gasteiger charge is -2.05. The molecule has 2 N–H and O–H groups in total. The summed E-state index contributed by atoms with van der Waals surface area (Å²) in [6.45, 7) is 4.07. The lowest BCUT2D eigenvalue weighted by Crippen LogP contribution is -2.13. The number of aromatic amines is 1. The summed E-state index contributed by atoms with van der Waals surface area (Å²) in [7, 11) is 0. The van der Waals surface area contributed by atoms with Crippen LogP contribution in [0.5, 0.6) is 0 Å². The molecular weight excluding hydrogens is 276 g/mol. The minimum Gasteiger partial charge on any atom is -0.305 e. The van der Waals surface area contributed by atoms with E-state index in [-0.39, 0.29) is 5.91 Å². The zero-order valence-corrected chi connectivity index (χ0v) is 12.3. The number of halogens is 1. The largest absolute Gasteiger partial charge is 0.305 e. The number of aromatic nitrogens is 3. The third-order valence-electron chi connectivity index (χ3n) is 2.87. The number of hydrogen-bond donors (Lipinski definition) is 2. The molecule has 0 bridgehead atoms. The van der Waals surface area contributed by atoms with Gasteiger partial charge in [0.1, 0.15) is 5.15 Å². The van der Waals surface area contributed by atoms with Crippen molar-refractivity contribution in [3.63, 3.8) is 0 Å². The van der Waals surface area contributed by atoms with E-state index >= 15 is 0 Å². The maximum absolute atomic E-state index is 12.2. The van der Waals surface area contributed by atoms with Crippen LogP contribution < -0.4 is 5.32 Å². The molecule has 2 aromatic heterocycles. The standard InChI is InChI=1S/C14H17ClN4O/c1-3-5-11-6-9(7-12(15)16-11)14(20)17-13-8-10(4-2)18-19-13/h6-8H,3-5H2,1-2H3,(H2,17,18,19,20). The number of rotatable bonds is 5. The monoisotopic (exact) mass is 292 g/mol. The molecule has 106 valence electrons. The Morgan fingerprint density at radius 3 is 2.80 bits per heavy atom. The molecule has 1 amide bonds. The second kappa shape index (κ2) is 6.52. The second-order valence-corrected chi connectivity index (χ2v) is 4.89. The van der Waals surface area contributed by atoms with Gasteiger partial charge in [-0.2, -0.15) is 5.10 Å². The number of H-pyrrole nitrogens is 1. The molecule has 0 fully saturated rings. The Hall–Kier alpha value is -1.88. The van der Waals surface area contributed by atoms with E-state index in [0.717, 1.165) is 30.7 Å². The number of amides is 1. The summed E-state index contributed by atoms with van der Waals surface area (Å²) in [6.07, 6.45) is 2.58. The van der Waals surface area contributed by atoms with Crippen molar-refractivity contribution < 1.29 is 4.79 Å². The highest BCUT2D eigenvalue weighted by Crippen LogP contribution is 2.14. The zero-order chi connectivity index (χ0) is 14.5. The van der Waals surface area contributed by atoms with Crippen molar-refractivity contribution in [2.24, 2.45) is 0 Å². The summed E-state index contributed by atoms with van der Waals surface area (Å²) in [4.78, 5) is 16.4. The summed E-state index contributed by atoms with van der Waals surface area (Å²) in [6, 6.07) is 5.13. The molecule has 2 heterocycles. The molecule has 6 heteroatoms. The molecule has 0 aliphatic heterocycles. The number of carbonyl (C=O) groups is 1. The Kier molecular flexibility index (Phi) is 4.74. The first kappa shape index (κ1) is 14.5. The number of pyridine rings is 1. The van der Waals surface area contributed by atoms with E-state index in [2.05, 4.69) is 27.4 Å². The number of carbonyl (C=O) groups excluding carboxylic acids is 1. The van der Waals surface area contributed by atoms with Gasteiger partial charge in [-0.05, 0) is 25.0 Å².